The topological polar surface area (TPSA) is 87.7 Å². The van der Waals surface area contributed by atoms with Crippen LogP contribution in [0.15, 0.2) is 48.5 Å². The Kier molecular flexibility index (Phi) is 5.57. The van der Waals surface area contributed by atoms with E-state index in [1.165, 1.54) is 19.2 Å². The zero-order chi connectivity index (χ0) is 16.7. The third-order valence-corrected chi connectivity index (χ3v) is 3.16. The molecule has 2 rings (SSSR count). The average molecular weight is 314 g/mol. The molecule has 23 heavy (non-hydrogen) atoms. The van der Waals surface area contributed by atoms with E-state index in [4.69, 9.17) is 4.74 Å². The predicted octanol–water partition coefficient (Wildman–Crippen LogP) is 1.56. The van der Waals surface area contributed by atoms with Gasteiger partial charge in [-0.2, -0.15) is 0 Å². The molecule has 0 aliphatic rings. The van der Waals surface area contributed by atoms with Gasteiger partial charge >= 0.3 is 0 Å². The maximum atomic E-state index is 12.0. The van der Waals surface area contributed by atoms with Crippen LogP contribution in [0.2, 0.25) is 0 Å². The second-order valence-electron chi connectivity index (χ2n) is 4.76. The van der Waals surface area contributed by atoms with Gasteiger partial charge < -0.3 is 20.5 Å². The van der Waals surface area contributed by atoms with Crippen LogP contribution in [0.3, 0.4) is 0 Å². The van der Waals surface area contributed by atoms with Gasteiger partial charge in [0, 0.05) is 18.7 Å². The van der Waals surface area contributed by atoms with Gasteiger partial charge in [0.15, 0.2) is 0 Å². The van der Waals surface area contributed by atoms with Gasteiger partial charge in [0.2, 0.25) is 0 Å². The summed E-state index contributed by atoms with van der Waals surface area (Å²) in [6, 6.07) is 13.0. The van der Waals surface area contributed by atoms with Crippen molar-refractivity contribution in [2.24, 2.45) is 0 Å². The highest BCUT2D eigenvalue weighted by molar-refractivity contribution is 5.97. The number of rotatable bonds is 6. The van der Waals surface area contributed by atoms with Crippen LogP contribution in [0.5, 0.6) is 11.5 Å². The summed E-state index contributed by atoms with van der Waals surface area (Å²) in [6.45, 7) is 0.552. The first-order chi connectivity index (χ1) is 11.1. The van der Waals surface area contributed by atoms with Crippen LogP contribution < -0.4 is 15.4 Å². The molecule has 0 saturated heterocycles. The highest BCUT2D eigenvalue weighted by atomic mass is 16.5. The third kappa shape index (κ3) is 4.47. The van der Waals surface area contributed by atoms with E-state index in [1.54, 1.807) is 36.4 Å². The fraction of sp³-hybridized carbons (Fsp3) is 0.176. The van der Waals surface area contributed by atoms with E-state index < -0.39 is 0 Å². The Morgan fingerprint density at radius 2 is 1.70 bits per heavy atom. The molecular formula is C17H18N2O4. The lowest BCUT2D eigenvalue weighted by atomic mass is 10.2. The number of aromatic hydroxyl groups is 1. The van der Waals surface area contributed by atoms with E-state index in [-0.39, 0.29) is 30.7 Å². The highest BCUT2D eigenvalue weighted by Crippen LogP contribution is 2.16. The Morgan fingerprint density at radius 1 is 1.00 bits per heavy atom. The number of carbonyl (C=O) groups is 2. The first-order valence-corrected chi connectivity index (χ1v) is 7.10. The molecule has 120 valence electrons. The van der Waals surface area contributed by atoms with Crippen molar-refractivity contribution in [2.45, 2.75) is 0 Å². The second-order valence-corrected chi connectivity index (χ2v) is 4.76. The van der Waals surface area contributed by atoms with E-state index in [9.17, 15) is 14.7 Å². The van der Waals surface area contributed by atoms with Crippen LogP contribution in [-0.4, -0.2) is 37.1 Å². The first-order valence-electron chi connectivity index (χ1n) is 7.10. The molecule has 0 radical (unpaired) electrons. The van der Waals surface area contributed by atoms with Crippen molar-refractivity contribution in [2.75, 3.05) is 20.2 Å². The van der Waals surface area contributed by atoms with Crippen LogP contribution >= 0.6 is 0 Å². The largest absolute Gasteiger partial charge is 0.508 e. The molecule has 0 aliphatic carbocycles. The number of hydrogen-bond donors (Lipinski definition) is 3. The molecule has 6 nitrogen and oxygen atoms in total. The number of carbonyl (C=O) groups excluding carboxylic acids is 2. The summed E-state index contributed by atoms with van der Waals surface area (Å²) in [7, 11) is 1.50. The summed E-state index contributed by atoms with van der Waals surface area (Å²) < 4.78 is 5.13. The molecule has 2 aromatic rings. The quantitative estimate of drug-likeness (QED) is 0.706. The van der Waals surface area contributed by atoms with Crippen LogP contribution in [0, 0.1) is 0 Å². The number of nitrogens with one attached hydrogen (secondary N) is 2. The Morgan fingerprint density at radius 3 is 2.39 bits per heavy atom. The number of benzene rings is 2. The summed E-state index contributed by atoms with van der Waals surface area (Å²) in [5, 5.41) is 14.7. The molecule has 0 unspecified atom stereocenters. The van der Waals surface area contributed by atoms with E-state index in [0.717, 1.165) is 0 Å². The van der Waals surface area contributed by atoms with Crippen molar-refractivity contribution in [3.63, 3.8) is 0 Å². The molecular weight excluding hydrogens is 296 g/mol. The van der Waals surface area contributed by atoms with Gasteiger partial charge in [0.1, 0.15) is 11.5 Å². The molecule has 3 N–H and O–H groups in total. The second kappa shape index (κ2) is 7.84. The standard InChI is InChI=1S/C17H18N2O4/c1-23-15-8-3-2-7-14(15)17(22)19-10-9-18-16(21)12-5-4-6-13(20)11-12/h2-8,11,20H,9-10H2,1H3,(H,18,21)(H,19,22). The molecule has 0 spiro atoms. The van der Waals surface area contributed by atoms with Gasteiger partial charge in [0.25, 0.3) is 11.8 Å². The number of para-hydroxylation sites is 1. The van der Waals surface area contributed by atoms with Gasteiger partial charge in [-0.1, -0.05) is 18.2 Å². The third-order valence-electron chi connectivity index (χ3n) is 3.16. The van der Waals surface area contributed by atoms with E-state index in [0.29, 0.717) is 16.9 Å². The van der Waals surface area contributed by atoms with Crippen LogP contribution in [0.25, 0.3) is 0 Å². The van der Waals surface area contributed by atoms with Crippen molar-refractivity contribution >= 4 is 11.8 Å². The molecule has 0 aliphatic heterocycles. The minimum atomic E-state index is -0.313. The van der Waals surface area contributed by atoms with E-state index in [1.807, 2.05) is 0 Å². The molecule has 0 atom stereocenters. The van der Waals surface area contributed by atoms with E-state index >= 15 is 0 Å². The first kappa shape index (κ1) is 16.4. The minimum absolute atomic E-state index is 0.0297. The van der Waals surface area contributed by atoms with Crippen molar-refractivity contribution in [1.29, 1.82) is 0 Å². The molecule has 0 bridgehead atoms. The SMILES string of the molecule is COc1ccccc1C(=O)NCCNC(=O)c1cccc(O)c1. The van der Waals surface area contributed by atoms with Crippen LogP contribution in [0.1, 0.15) is 20.7 Å². The lowest BCUT2D eigenvalue weighted by molar-refractivity contribution is 0.0926. The molecule has 0 saturated carbocycles. The van der Waals surface area contributed by atoms with Gasteiger partial charge in [-0.15, -0.1) is 0 Å². The monoisotopic (exact) mass is 314 g/mol. The van der Waals surface area contributed by atoms with Gasteiger partial charge in [-0.25, -0.2) is 0 Å². The molecule has 0 fully saturated rings. The fourth-order valence-corrected chi connectivity index (χ4v) is 2.03. The van der Waals surface area contributed by atoms with Gasteiger partial charge in [0.05, 0.1) is 12.7 Å². The Labute approximate surface area is 134 Å². The normalized spacial score (nSPS) is 9.96. The Hall–Kier alpha value is -3.02. The Balaban J connectivity index is 1.81. The molecule has 6 heteroatoms. The summed E-state index contributed by atoms with van der Waals surface area (Å²) in [5.74, 6) is -0.0579. The molecule has 0 aromatic heterocycles. The number of phenolic OH excluding ortho intramolecular Hbond substituents is 1. The van der Waals surface area contributed by atoms with Crippen LogP contribution in [0.4, 0.5) is 0 Å². The van der Waals surface area contributed by atoms with Crippen LogP contribution in [-0.2, 0) is 0 Å². The number of hydrogen-bond acceptors (Lipinski definition) is 4. The van der Waals surface area contributed by atoms with E-state index in [2.05, 4.69) is 10.6 Å². The van der Waals surface area contributed by atoms with Crippen molar-refractivity contribution in [3.05, 3.63) is 59.7 Å². The maximum Gasteiger partial charge on any atom is 0.255 e. The number of amides is 2. The molecule has 2 amide bonds. The fourth-order valence-electron chi connectivity index (χ4n) is 2.03. The van der Waals surface area contributed by atoms with Crippen molar-refractivity contribution < 1.29 is 19.4 Å². The smallest absolute Gasteiger partial charge is 0.255 e. The zero-order valence-corrected chi connectivity index (χ0v) is 12.7. The van der Waals surface area contributed by atoms with Gasteiger partial charge in [-0.3, -0.25) is 9.59 Å². The van der Waals surface area contributed by atoms with Crippen molar-refractivity contribution in [1.82, 2.24) is 10.6 Å². The summed E-state index contributed by atoms with van der Waals surface area (Å²) >= 11 is 0. The maximum absolute atomic E-state index is 12.0. The van der Waals surface area contributed by atoms with Gasteiger partial charge in [-0.05, 0) is 30.3 Å². The zero-order valence-electron chi connectivity index (χ0n) is 12.7. The average Bonchev–Trinajstić information content (AvgIpc) is 2.58. The number of phenols is 1. The number of methoxy groups -OCH3 is 1. The Bertz CT molecular complexity index is 700. The highest BCUT2D eigenvalue weighted by Gasteiger charge is 2.11. The lowest BCUT2D eigenvalue weighted by Gasteiger charge is -2.10. The molecule has 2 aromatic carbocycles. The summed E-state index contributed by atoms with van der Waals surface area (Å²) in [5.41, 5.74) is 0.801. The molecule has 0 heterocycles. The lowest BCUT2D eigenvalue weighted by Crippen LogP contribution is -2.34. The predicted molar refractivity (Wildman–Crippen MR) is 85.8 cm³/mol. The minimum Gasteiger partial charge on any atom is -0.508 e. The van der Waals surface area contributed by atoms with Crippen molar-refractivity contribution in [3.8, 4) is 11.5 Å². The summed E-state index contributed by atoms with van der Waals surface area (Å²) in [4.78, 5) is 23.9. The number of ether oxygens (including phenoxy) is 1. The summed E-state index contributed by atoms with van der Waals surface area (Å²) in [6.07, 6.45) is 0.